The van der Waals surface area contributed by atoms with Crippen molar-refractivity contribution in [2.75, 3.05) is 0 Å². The monoisotopic (exact) mass is 484 g/mol. The molecule has 4 heteroatoms. The number of H-pyrrole nitrogens is 1. The first kappa shape index (κ1) is 26.1. The number of para-hydroxylation sites is 1. The molecule has 4 nitrogen and oxygen atoms in total. The average molecular weight is 485 g/mol. The third-order valence-electron chi connectivity index (χ3n) is 7.81. The van der Waals surface area contributed by atoms with E-state index in [4.69, 9.17) is 10.7 Å². The number of hydrogen-bond acceptors (Lipinski definition) is 2. The van der Waals surface area contributed by atoms with Gasteiger partial charge in [0.05, 0.1) is 17.1 Å². The van der Waals surface area contributed by atoms with Crippen LogP contribution >= 0.6 is 0 Å². The van der Waals surface area contributed by atoms with Gasteiger partial charge in [0.25, 0.3) is 0 Å². The number of aromatic nitrogens is 3. The van der Waals surface area contributed by atoms with Gasteiger partial charge in [0.15, 0.2) is 0 Å². The fourth-order valence-electron chi connectivity index (χ4n) is 5.95. The molecule has 192 valence electrons. The Morgan fingerprint density at radius 3 is 2.58 bits per heavy atom. The molecule has 1 saturated carbocycles. The Balaban J connectivity index is 1.62. The molecule has 1 aliphatic carbocycles. The zero-order valence-electron chi connectivity index (χ0n) is 22.4. The van der Waals surface area contributed by atoms with Gasteiger partial charge in [0.2, 0.25) is 0 Å². The Kier molecular flexibility index (Phi) is 8.90. The summed E-state index contributed by atoms with van der Waals surface area (Å²) in [5.74, 6) is 2.18. The molecule has 3 aromatic rings. The summed E-state index contributed by atoms with van der Waals surface area (Å²) < 4.78 is 2.18. The van der Waals surface area contributed by atoms with Crippen molar-refractivity contribution >= 4 is 22.8 Å². The second-order valence-electron chi connectivity index (χ2n) is 10.5. The Labute approximate surface area is 217 Å². The predicted octanol–water partition coefficient (Wildman–Crippen LogP) is 9.03. The summed E-state index contributed by atoms with van der Waals surface area (Å²) in [4.78, 5) is 8.80. The Morgan fingerprint density at radius 2 is 1.92 bits per heavy atom. The van der Waals surface area contributed by atoms with Crippen molar-refractivity contribution in [1.29, 1.82) is 0 Å². The topological polar surface area (TPSA) is 59.6 Å². The molecular weight excluding hydrogens is 440 g/mol. The van der Waals surface area contributed by atoms with Crippen LogP contribution in [0.2, 0.25) is 0 Å². The second-order valence-corrected chi connectivity index (χ2v) is 10.5. The third-order valence-corrected chi connectivity index (χ3v) is 7.81. The summed E-state index contributed by atoms with van der Waals surface area (Å²) in [6, 6.07) is 10.5. The molecule has 2 heterocycles. The lowest BCUT2D eigenvalue weighted by atomic mass is 9.87. The van der Waals surface area contributed by atoms with Crippen molar-refractivity contribution in [1.82, 2.24) is 14.5 Å². The van der Waals surface area contributed by atoms with Crippen molar-refractivity contribution in [3.63, 3.8) is 0 Å². The highest BCUT2D eigenvalue weighted by atomic mass is 15.1. The molecule has 0 radical (unpaired) electrons. The lowest BCUT2D eigenvalue weighted by Crippen LogP contribution is -2.10. The molecule has 1 aromatic carbocycles. The van der Waals surface area contributed by atoms with Crippen molar-refractivity contribution in [3.8, 4) is 11.4 Å². The summed E-state index contributed by atoms with van der Waals surface area (Å²) in [6.45, 7) is 13.0. The van der Waals surface area contributed by atoms with Gasteiger partial charge in [-0.2, -0.15) is 0 Å². The molecule has 1 fully saturated rings. The van der Waals surface area contributed by atoms with Crippen LogP contribution in [0.4, 0.5) is 0 Å². The van der Waals surface area contributed by atoms with E-state index in [-0.39, 0.29) is 0 Å². The minimum Gasteiger partial charge on any atom is -0.397 e. The molecule has 1 atom stereocenters. The average Bonchev–Trinajstić information content (AvgIpc) is 3.35. The van der Waals surface area contributed by atoms with E-state index in [0.29, 0.717) is 11.6 Å². The van der Waals surface area contributed by atoms with Crippen molar-refractivity contribution in [2.45, 2.75) is 90.4 Å². The van der Waals surface area contributed by atoms with Crippen LogP contribution in [0.25, 0.3) is 34.2 Å². The highest BCUT2D eigenvalue weighted by Gasteiger charge is 2.25. The van der Waals surface area contributed by atoms with E-state index in [2.05, 4.69) is 72.2 Å². The second kappa shape index (κ2) is 12.3. The molecule has 1 aliphatic rings. The number of benzene rings is 1. The Bertz CT molecular complexity index is 1170. The van der Waals surface area contributed by atoms with E-state index in [1.54, 1.807) is 0 Å². The van der Waals surface area contributed by atoms with Gasteiger partial charge in [-0.05, 0) is 63.5 Å². The summed E-state index contributed by atoms with van der Waals surface area (Å²) >= 11 is 0. The smallest absolute Gasteiger partial charge is 0.117 e. The van der Waals surface area contributed by atoms with Crippen LogP contribution in [0.1, 0.15) is 102 Å². The number of allylic oxidation sites excluding steroid dienone is 2. The van der Waals surface area contributed by atoms with E-state index in [0.717, 1.165) is 66.4 Å². The van der Waals surface area contributed by atoms with Gasteiger partial charge in [0, 0.05) is 23.0 Å². The summed E-state index contributed by atoms with van der Waals surface area (Å²) in [5.41, 5.74) is 12.3. The van der Waals surface area contributed by atoms with Gasteiger partial charge in [-0.25, -0.2) is 4.98 Å². The van der Waals surface area contributed by atoms with Gasteiger partial charge in [-0.15, -0.1) is 0 Å². The van der Waals surface area contributed by atoms with Crippen LogP contribution in [0.5, 0.6) is 0 Å². The van der Waals surface area contributed by atoms with Gasteiger partial charge in [0.1, 0.15) is 11.5 Å². The largest absolute Gasteiger partial charge is 0.397 e. The molecule has 1 unspecified atom stereocenters. The number of aromatic amines is 1. The Morgan fingerprint density at radius 1 is 1.17 bits per heavy atom. The van der Waals surface area contributed by atoms with E-state index in [1.807, 2.05) is 6.92 Å². The van der Waals surface area contributed by atoms with Crippen molar-refractivity contribution in [2.24, 2.45) is 11.7 Å². The number of fused-ring (bicyclic) bond motifs is 1. The number of nitrogens with one attached hydrogen (secondary N) is 1. The standard InChI is InChI=1S/C32H44N4/c1-5-14-26(19-13-15-23(3)25-16-9-7-8-10-17-25)32-35-30(31(24(4)33)36(32)21-6-2)29-22-27-18-11-12-20-28(27)34-29/h6,11-12,18,20-22,25-26,34H,3-5,7-10,13-17,19,33H2,1-2H3/b21-6-. The highest BCUT2D eigenvalue weighted by Crippen LogP contribution is 2.36. The number of imidazole rings is 1. The van der Waals surface area contributed by atoms with Crippen LogP contribution in [0.15, 0.2) is 55.1 Å². The maximum atomic E-state index is 6.39. The molecule has 0 amide bonds. The van der Waals surface area contributed by atoms with E-state index in [9.17, 15) is 0 Å². The first-order valence-corrected chi connectivity index (χ1v) is 14.0. The fraction of sp³-hybridized carbons (Fsp3) is 0.469. The maximum absolute atomic E-state index is 6.39. The number of hydrogen-bond donors (Lipinski definition) is 2. The van der Waals surface area contributed by atoms with Crippen LogP contribution in [0.3, 0.4) is 0 Å². The van der Waals surface area contributed by atoms with Gasteiger partial charge >= 0.3 is 0 Å². The SMILES string of the molecule is C=C(N)c1c(-c2cc3ccccc3[nH]2)nc(C(CCC)CCCC(=C)C2CCCCCC2)n1/C=C\C. The summed E-state index contributed by atoms with van der Waals surface area (Å²) in [5, 5.41) is 1.17. The van der Waals surface area contributed by atoms with E-state index in [1.165, 1.54) is 49.5 Å². The normalized spacial score (nSPS) is 15.9. The quantitative estimate of drug-likeness (QED) is 0.211. The minimum atomic E-state index is 0.365. The first-order chi connectivity index (χ1) is 17.5. The minimum absolute atomic E-state index is 0.365. The zero-order valence-corrected chi connectivity index (χ0v) is 22.4. The molecule has 0 saturated heterocycles. The lowest BCUT2D eigenvalue weighted by Gasteiger charge is -2.20. The van der Waals surface area contributed by atoms with Crippen LogP contribution < -0.4 is 5.73 Å². The lowest BCUT2D eigenvalue weighted by molar-refractivity contribution is 0.480. The molecule has 0 bridgehead atoms. The van der Waals surface area contributed by atoms with Crippen LogP contribution in [-0.4, -0.2) is 14.5 Å². The fourth-order valence-corrected chi connectivity index (χ4v) is 5.95. The first-order valence-electron chi connectivity index (χ1n) is 14.0. The molecule has 3 N–H and O–H groups in total. The van der Waals surface area contributed by atoms with Gasteiger partial charge < -0.3 is 15.3 Å². The third kappa shape index (κ3) is 5.86. The van der Waals surface area contributed by atoms with E-state index < -0.39 is 0 Å². The Hall–Kier alpha value is -3.01. The van der Waals surface area contributed by atoms with Crippen molar-refractivity contribution in [3.05, 3.63) is 66.7 Å². The van der Waals surface area contributed by atoms with Gasteiger partial charge in [-0.1, -0.05) is 82.0 Å². The predicted molar refractivity (Wildman–Crippen MR) is 156 cm³/mol. The summed E-state index contributed by atoms with van der Waals surface area (Å²) in [7, 11) is 0. The number of nitrogens with two attached hydrogens (primary N) is 1. The molecule has 36 heavy (non-hydrogen) atoms. The highest BCUT2D eigenvalue weighted by molar-refractivity contribution is 5.87. The molecule has 4 rings (SSSR count). The van der Waals surface area contributed by atoms with Crippen LogP contribution in [0, 0.1) is 5.92 Å². The number of nitrogens with zero attached hydrogens (tertiary/aromatic N) is 2. The maximum Gasteiger partial charge on any atom is 0.117 e. The zero-order chi connectivity index (χ0) is 25.5. The van der Waals surface area contributed by atoms with Gasteiger partial charge in [-0.3, -0.25) is 0 Å². The summed E-state index contributed by atoms with van der Waals surface area (Å²) in [6.07, 6.45) is 17.9. The molecule has 0 aliphatic heterocycles. The molecule has 2 aromatic heterocycles. The molecular formula is C32H44N4. The van der Waals surface area contributed by atoms with Crippen molar-refractivity contribution < 1.29 is 0 Å². The number of rotatable bonds is 11. The van der Waals surface area contributed by atoms with Crippen LogP contribution in [-0.2, 0) is 0 Å². The van der Waals surface area contributed by atoms with E-state index >= 15 is 0 Å². The molecule has 0 spiro atoms.